The first-order valence-corrected chi connectivity index (χ1v) is 8.37. The van der Waals surface area contributed by atoms with Crippen LogP contribution in [-0.2, 0) is 0 Å². The Morgan fingerprint density at radius 3 is 3.10 bits per heavy atom. The molecule has 0 aliphatic heterocycles. The lowest BCUT2D eigenvalue weighted by Gasteiger charge is -2.05. The lowest BCUT2D eigenvalue weighted by Crippen LogP contribution is -2.11. The molecular weight excluding hydrogens is 292 g/mol. The number of rotatable bonds is 5. The van der Waals surface area contributed by atoms with Crippen LogP contribution in [0.2, 0.25) is 0 Å². The SMILES string of the molecule is CSCCC(N)c1nn2c(-c3cccnc3)nnc2s1. The van der Waals surface area contributed by atoms with Crippen molar-refractivity contribution in [2.24, 2.45) is 5.73 Å². The summed E-state index contributed by atoms with van der Waals surface area (Å²) in [4.78, 5) is 4.86. The van der Waals surface area contributed by atoms with E-state index in [9.17, 15) is 0 Å². The smallest absolute Gasteiger partial charge is 0.235 e. The van der Waals surface area contributed by atoms with Gasteiger partial charge in [0, 0.05) is 18.0 Å². The van der Waals surface area contributed by atoms with E-state index in [1.54, 1.807) is 28.7 Å². The van der Waals surface area contributed by atoms with Crippen molar-refractivity contribution in [3.8, 4) is 11.4 Å². The molecule has 0 aromatic carbocycles. The average Bonchev–Trinajstić information content (AvgIpc) is 3.05. The second-order valence-electron chi connectivity index (χ2n) is 4.29. The third kappa shape index (κ3) is 2.54. The van der Waals surface area contributed by atoms with E-state index in [4.69, 9.17) is 5.73 Å². The van der Waals surface area contributed by atoms with Crippen LogP contribution in [0.4, 0.5) is 0 Å². The lowest BCUT2D eigenvalue weighted by molar-refractivity contribution is 0.682. The molecule has 0 saturated heterocycles. The van der Waals surface area contributed by atoms with E-state index in [0.29, 0.717) is 5.82 Å². The minimum absolute atomic E-state index is 0.0455. The van der Waals surface area contributed by atoms with Gasteiger partial charge < -0.3 is 5.73 Å². The van der Waals surface area contributed by atoms with Gasteiger partial charge in [-0.05, 0) is 30.6 Å². The summed E-state index contributed by atoms with van der Waals surface area (Å²) in [6.45, 7) is 0. The summed E-state index contributed by atoms with van der Waals surface area (Å²) in [7, 11) is 0. The van der Waals surface area contributed by atoms with Gasteiger partial charge in [0.15, 0.2) is 5.82 Å². The highest BCUT2D eigenvalue weighted by molar-refractivity contribution is 7.98. The Labute approximate surface area is 124 Å². The van der Waals surface area contributed by atoms with Crippen LogP contribution in [0.25, 0.3) is 16.3 Å². The first-order chi connectivity index (χ1) is 9.79. The molecule has 1 unspecified atom stereocenters. The number of hydrogen-bond donors (Lipinski definition) is 1. The Morgan fingerprint density at radius 2 is 2.35 bits per heavy atom. The topological polar surface area (TPSA) is 82.0 Å². The van der Waals surface area contributed by atoms with Gasteiger partial charge in [0.1, 0.15) is 5.01 Å². The Kier molecular flexibility index (Phi) is 3.95. The molecular formula is C12H14N6S2. The van der Waals surface area contributed by atoms with Crippen LogP contribution in [0.3, 0.4) is 0 Å². The minimum Gasteiger partial charge on any atom is -0.322 e. The van der Waals surface area contributed by atoms with Crippen molar-refractivity contribution < 1.29 is 0 Å². The normalized spacial score (nSPS) is 12.9. The quantitative estimate of drug-likeness (QED) is 0.776. The molecule has 0 radical (unpaired) electrons. The van der Waals surface area contributed by atoms with Crippen LogP contribution < -0.4 is 5.73 Å². The number of nitrogens with two attached hydrogens (primary N) is 1. The van der Waals surface area contributed by atoms with Gasteiger partial charge >= 0.3 is 0 Å². The fourth-order valence-electron chi connectivity index (χ4n) is 1.82. The Morgan fingerprint density at radius 1 is 1.45 bits per heavy atom. The summed E-state index contributed by atoms with van der Waals surface area (Å²) in [5.74, 6) is 1.73. The van der Waals surface area contributed by atoms with Crippen LogP contribution in [0, 0.1) is 0 Å². The third-order valence-electron chi connectivity index (χ3n) is 2.88. The molecule has 0 aliphatic rings. The number of aromatic nitrogens is 5. The summed E-state index contributed by atoms with van der Waals surface area (Å²) in [6, 6.07) is 3.76. The van der Waals surface area contributed by atoms with Gasteiger partial charge in [-0.15, -0.1) is 10.2 Å². The van der Waals surface area contributed by atoms with Gasteiger partial charge in [-0.2, -0.15) is 21.4 Å². The molecule has 20 heavy (non-hydrogen) atoms. The van der Waals surface area contributed by atoms with E-state index in [1.807, 2.05) is 12.1 Å². The highest BCUT2D eigenvalue weighted by atomic mass is 32.2. The van der Waals surface area contributed by atoms with E-state index < -0.39 is 0 Å². The summed E-state index contributed by atoms with van der Waals surface area (Å²) < 4.78 is 1.75. The van der Waals surface area contributed by atoms with Crippen LogP contribution in [0.5, 0.6) is 0 Å². The molecule has 0 bridgehead atoms. The van der Waals surface area contributed by atoms with E-state index in [0.717, 1.165) is 27.7 Å². The predicted molar refractivity (Wildman–Crippen MR) is 81.8 cm³/mol. The monoisotopic (exact) mass is 306 g/mol. The fourth-order valence-corrected chi connectivity index (χ4v) is 3.19. The van der Waals surface area contributed by atoms with E-state index in [1.165, 1.54) is 11.3 Å². The van der Waals surface area contributed by atoms with Gasteiger partial charge in [-0.25, -0.2) is 0 Å². The summed E-state index contributed by atoms with van der Waals surface area (Å²) in [6.07, 6.45) is 6.47. The molecule has 2 N–H and O–H groups in total. The Hall–Kier alpha value is -1.51. The number of hydrogen-bond acceptors (Lipinski definition) is 7. The average molecular weight is 306 g/mol. The zero-order valence-corrected chi connectivity index (χ0v) is 12.6. The summed E-state index contributed by atoms with van der Waals surface area (Å²) in [5.41, 5.74) is 7.05. The van der Waals surface area contributed by atoms with Crippen molar-refractivity contribution in [2.75, 3.05) is 12.0 Å². The fraction of sp³-hybridized carbons (Fsp3) is 0.333. The maximum atomic E-state index is 6.15. The maximum Gasteiger partial charge on any atom is 0.235 e. The molecule has 0 saturated carbocycles. The summed E-state index contributed by atoms with van der Waals surface area (Å²) >= 11 is 3.28. The third-order valence-corrected chi connectivity index (χ3v) is 4.55. The van der Waals surface area contributed by atoms with E-state index >= 15 is 0 Å². The van der Waals surface area contributed by atoms with Crippen molar-refractivity contribution in [2.45, 2.75) is 12.5 Å². The molecule has 3 aromatic rings. The van der Waals surface area contributed by atoms with Crippen molar-refractivity contribution in [3.63, 3.8) is 0 Å². The highest BCUT2D eigenvalue weighted by Crippen LogP contribution is 2.25. The van der Waals surface area contributed by atoms with Crippen molar-refractivity contribution in [1.29, 1.82) is 0 Å². The second kappa shape index (κ2) is 5.86. The van der Waals surface area contributed by atoms with Crippen LogP contribution >= 0.6 is 23.1 Å². The number of nitrogens with zero attached hydrogens (tertiary/aromatic N) is 5. The molecule has 3 heterocycles. The van der Waals surface area contributed by atoms with Gasteiger partial charge in [0.25, 0.3) is 0 Å². The highest BCUT2D eigenvalue weighted by Gasteiger charge is 2.17. The van der Waals surface area contributed by atoms with Crippen molar-refractivity contribution in [1.82, 2.24) is 24.8 Å². The molecule has 3 aromatic heterocycles. The van der Waals surface area contributed by atoms with Gasteiger partial charge in [-0.3, -0.25) is 4.98 Å². The lowest BCUT2D eigenvalue weighted by atomic mass is 10.2. The maximum absolute atomic E-state index is 6.15. The molecule has 0 aliphatic carbocycles. The Bertz CT molecular complexity index is 692. The number of pyridine rings is 1. The van der Waals surface area contributed by atoms with Crippen LogP contribution in [0.1, 0.15) is 17.5 Å². The zero-order valence-electron chi connectivity index (χ0n) is 10.9. The van der Waals surface area contributed by atoms with Crippen LogP contribution in [-0.4, -0.2) is 36.8 Å². The minimum atomic E-state index is -0.0455. The van der Waals surface area contributed by atoms with E-state index in [-0.39, 0.29) is 6.04 Å². The molecule has 3 rings (SSSR count). The van der Waals surface area contributed by atoms with Gasteiger partial charge in [0.2, 0.25) is 4.96 Å². The van der Waals surface area contributed by atoms with Gasteiger partial charge in [0.05, 0.1) is 6.04 Å². The van der Waals surface area contributed by atoms with E-state index in [2.05, 4.69) is 26.5 Å². The number of fused-ring (bicyclic) bond motifs is 1. The zero-order chi connectivity index (χ0) is 13.9. The molecule has 104 valence electrons. The first-order valence-electron chi connectivity index (χ1n) is 6.16. The molecule has 8 heteroatoms. The van der Waals surface area contributed by atoms with Crippen molar-refractivity contribution in [3.05, 3.63) is 29.5 Å². The standard InChI is InChI=1S/C12H14N6S2/c1-19-6-4-9(13)11-17-18-10(15-16-12(18)20-11)8-3-2-5-14-7-8/h2-3,5,7,9H,4,6,13H2,1H3. The molecule has 0 amide bonds. The first kappa shape index (κ1) is 13.5. The second-order valence-corrected chi connectivity index (χ2v) is 6.26. The largest absolute Gasteiger partial charge is 0.322 e. The Balaban J connectivity index is 1.95. The number of thioether (sulfide) groups is 1. The molecule has 0 fully saturated rings. The van der Waals surface area contributed by atoms with Crippen LogP contribution in [0.15, 0.2) is 24.5 Å². The predicted octanol–water partition coefficient (Wildman–Crippen LogP) is 2.00. The molecule has 6 nitrogen and oxygen atoms in total. The van der Waals surface area contributed by atoms with Crippen molar-refractivity contribution >= 4 is 28.1 Å². The molecule has 1 atom stereocenters. The van der Waals surface area contributed by atoms with Gasteiger partial charge in [-0.1, -0.05) is 11.3 Å². The molecule has 0 spiro atoms. The summed E-state index contributed by atoms with van der Waals surface area (Å²) in [5, 5.41) is 13.8.